The third kappa shape index (κ3) is 3.69. The molecule has 27 heavy (non-hydrogen) atoms. The minimum Gasteiger partial charge on any atom is -0.468 e. The monoisotopic (exact) mass is 410 g/mol. The minimum absolute atomic E-state index is 0.0367. The summed E-state index contributed by atoms with van der Waals surface area (Å²) in [6.07, 6.45) is 0. The molecule has 3 aromatic rings. The zero-order valence-corrected chi connectivity index (χ0v) is 15.9. The van der Waals surface area contributed by atoms with Crippen LogP contribution < -0.4 is 10.5 Å². The van der Waals surface area contributed by atoms with Gasteiger partial charge in [0.1, 0.15) is 6.54 Å². The number of nitrogens with one attached hydrogen (secondary N) is 1. The predicted octanol–water partition coefficient (Wildman–Crippen LogP) is 2.53. The molecule has 0 saturated heterocycles. The van der Waals surface area contributed by atoms with Gasteiger partial charge in [0.15, 0.2) is 5.58 Å². The van der Waals surface area contributed by atoms with Gasteiger partial charge in [-0.05, 0) is 36.8 Å². The highest BCUT2D eigenvalue weighted by Gasteiger charge is 2.20. The van der Waals surface area contributed by atoms with Crippen molar-refractivity contribution in [3.63, 3.8) is 0 Å². The minimum atomic E-state index is -3.95. The van der Waals surface area contributed by atoms with E-state index >= 15 is 0 Å². The maximum atomic E-state index is 12.7. The first-order chi connectivity index (χ1) is 12.7. The predicted molar refractivity (Wildman–Crippen MR) is 99.5 cm³/mol. The summed E-state index contributed by atoms with van der Waals surface area (Å²) in [7, 11) is -2.75. The van der Waals surface area contributed by atoms with Crippen LogP contribution in [0, 0.1) is 6.92 Å². The molecule has 0 radical (unpaired) electrons. The molecule has 0 bridgehead atoms. The molecule has 0 aliphatic rings. The number of nitrogens with zero attached hydrogens (tertiary/aromatic N) is 1. The molecule has 1 N–H and O–H groups in total. The molecule has 1 heterocycles. The van der Waals surface area contributed by atoms with E-state index in [1.807, 2.05) is 0 Å². The lowest BCUT2D eigenvalue weighted by molar-refractivity contribution is -0.141. The van der Waals surface area contributed by atoms with E-state index in [2.05, 4.69) is 9.46 Å². The second-order valence-corrected chi connectivity index (χ2v) is 7.77. The van der Waals surface area contributed by atoms with Crippen molar-refractivity contribution >= 4 is 44.4 Å². The van der Waals surface area contributed by atoms with E-state index in [-0.39, 0.29) is 22.5 Å². The molecular formula is C17H15ClN2O6S. The maximum absolute atomic E-state index is 12.7. The first-order valence-electron chi connectivity index (χ1n) is 7.71. The van der Waals surface area contributed by atoms with Gasteiger partial charge in [0.2, 0.25) is 0 Å². The molecule has 0 aliphatic carbocycles. The van der Waals surface area contributed by atoms with Gasteiger partial charge < -0.3 is 9.15 Å². The van der Waals surface area contributed by atoms with Crippen LogP contribution in [-0.4, -0.2) is 26.1 Å². The third-order valence-electron chi connectivity index (χ3n) is 3.98. The SMILES string of the molecule is COC(=O)Cn1c(=O)oc2cc(S(=O)(=O)Nc3cccc(Cl)c3C)ccc21. The number of sulfonamides is 1. The number of fused-ring (bicyclic) bond motifs is 1. The Bertz CT molecular complexity index is 1200. The number of ether oxygens (including phenoxy) is 1. The molecule has 0 amide bonds. The van der Waals surface area contributed by atoms with Crippen molar-refractivity contribution in [2.45, 2.75) is 18.4 Å². The lowest BCUT2D eigenvalue weighted by Crippen LogP contribution is -2.20. The number of hydrogen-bond acceptors (Lipinski definition) is 6. The summed E-state index contributed by atoms with van der Waals surface area (Å²) in [6.45, 7) is 1.35. The summed E-state index contributed by atoms with van der Waals surface area (Å²) in [4.78, 5) is 23.3. The Hall–Kier alpha value is -2.78. The number of halogens is 1. The van der Waals surface area contributed by atoms with Crippen LogP contribution >= 0.6 is 11.6 Å². The van der Waals surface area contributed by atoms with Gasteiger partial charge in [0.05, 0.1) is 23.2 Å². The van der Waals surface area contributed by atoms with Crippen molar-refractivity contribution in [3.8, 4) is 0 Å². The molecule has 2 aromatic carbocycles. The molecule has 0 unspecified atom stereocenters. The normalized spacial score (nSPS) is 11.5. The van der Waals surface area contributed by atoms with Crippen LogP contribution in [0.15, 0.2) is 50.5 Å². The molecule has 10 heteroatoms. The van der Waals surface area contributed by atoms with Crippen LogP contribution in [0.25, 0.3) is 11.1 Å². The number of anilines is 1. The number of carbonyl (C=O) groups excluding carboxylic acids is 1. The second kappa shape index (κ2) is 7.09. The lowest BCUT2D eigenvalue weighted by Gasteiger charge is -2.11. The summed E-state index contributed by atoms with van der Waals surface area (Å²) < 4.78 is 38.5. The zero-order chi connectivity index (χ0) is 19.8. The van der Waals surface area contributed by atoms with Crippen molar-refractivity contribution in [1.82, 2.24) is 4.57 Å². The number of rotatable bonds is 5. The average molecular weight is 411 g/mol. The highest BCUT2D eigenvalue weighted by Crippen LogP contribution is 2.26. The van der Waals surface area contributed by atoms with Gasteiger partial charge in [0, 0.05) is 11.1 Å². The molecule has 3 rings (SSSR count). The molecule has 0 fully saturated rings. The van der Waals surface area contributed by atoms with Crippen LogP contribution in [0.2, 0.25) is 5.02 Å². The summed E-state index contributed by atoms with van der Waals surface area (Å²) in [5.41, 5.74) is 1.24. The molecule has 8 nitrogen and oxygen atoms in total. The molecule has 0 aliphatic heterocycles. The van der Waals surface area contributed by atoms with Gasteiger partial charge in [0.25, 0.3) is 10.0 Å². The van der Waals surface area contributed by atoms with Gasteiger partial charge in [-0.1, -0.05) is 17.7 Å². The van der Waals surface area contributed by atoms with Crippen LogP contribution in [0.1, 0.15) is 5.56 Å². The van der Waals surface area contributed by atoms with E-state index in [9.17, 15) is 18.0 Å². The highest BCUT2D eigenvalue weighted by molar-refractivity contribution is 7.92. The Kier molecular flexibility index (Phi) is 4.99. The Morgan fingerprint density at radius 2 is 2.04 bits per heavy atom. The van der Waals surface area contributed by atoms with Crippen molar-refractivity contribution in [1.29, 1.82) is 0 Å². The number of aromatic nitrogens is 1. The third-order valence-corrected chi connectivity index (χ3v) is 5.75. The largest absolute Gasteiger partial charge is 0.468 e. The number of carbonyl (C=O) groups is 1. The number of methoxy groups -OCH3 is 1. The lowest BCUT2D eigenvalue weighted by atomic mass is 10.2. The topological polar surface area (TPSA) is 108 Å². The smallest absolute Gasteiger partial charge is 0.420 e. The van der Waals surface area contributed by atoms with E-state index in [1.165, 1.54) is 25.3 Å². The van der Waals surface area contributed by atoms with Crippen LogP contribution in [0.4, 0.5) is 5.69 Å². The molecule has 0 saturated carbocycles. The molecule has 142 valence electrons. The van der Waals surface area contributed by atoms with Gasteiger partial charge in [-0.3, -0.25) is 14.1 Å². The molecular weight excluding hydrogens is 396 g/mol. The van der Waals surface area contributed by atoms with Gasteiger partial charge in [-0.25, -0.2) is 13.2 Å². The van der Waals surface area contributed by atoms with Crippen molar-refractivity contribution < 1.29 is 22.4 Å². The Labute approximate surface area is 159 Å². The number of hydrogen-bond donors (Lipinski definition) is 1. The van der Waals surface area contributed by atoms with E-state index in [0.717, 1.165) is 4.57 Å². The summed E-state index contributed by atoms with van der Waals surface area (Å²) in [5.74, 6) is -1.42. The van der Waals surface area contributed by atoms with Crippen molar-refractivity contribution in [3.05, 3.63) is 57.5 Å². The van der Waals surface area contributed by atoms with Gasteiger partial charge in [-0.2, -0.15) is 0 Å². The summed E-state index contributed by atoms with van der Waals surface area (Å²) in [6, 6.07) is 8.79. The summed E-state index contributed by atoms with van der Waals surface area (Å²) in [5, 5.41) is 0.427. The quantitative estimate of drug-likeness (QED) is 0.647. The second-order valence-electron chi connectivity index (χ2n) is 5.68. The number of esters is 1. The van der Waals surface area contributed by atoms with E-state index in [1.54, 1.807) is 25.1 Å². The fourth-order valence-electron chi connectivity index (χ4n) is 2.48. The Morgan fingerprint density at radius 1 is 1.30 bits per heavy atom. The van der Waals surface area contributed by atoms with Gasteiger partial charge >= 0.3 is 11.7 Å². The first-order valence-corrected chi connectivity index (χ1v) is 9.57. The van der Waals surface area contributed by atoms with Crippen molar-refractivity contribution in [2.24, 2.45) is 0 Å². The Morgan fingerprint density at radius 3 is 2.74 bits per heavy atom. The van der Waals surface area contributed by atoms with E-state index in [4.69, 9.17) is 16.0 Å². The molecule has 0 spiro atoms. The van der Waals surface area contributed by atoms with Crippen molar-refractivity contribution in [2.75, 3.05) is 11.8 Å². The Balaban J connectivity index is 2.00. The fourth-order valence-corrected chi connectivity index (χ4v) is 3.79. The van der Waals surface area contributed by atoms with Crippen LogP contribution in [-0.2, 0) is 26.1 Å². The number of benzene rings is 2. The summed E-state index contributed by atoms with van der Waals surface area (Å²) >= 11 is 6.02. The van der Waals surface area contributed by atoms with E-state index in [0.29, 0.717) is 16.3 Å². The maximum Gasteiger partial charge on any atom is 0.420 e. The van der Waals surface area contributed by atoms with Crippen LogP contribution in [0.5, 0.6) is 0 Å². The molecule has 0 atom stereocenters. The van der Waals surface area contributed by atoms with Gasteiger partial charge in [-0.15, -0.1) is 0 Å². The first kappa shape index (κ1) is 19.0. The standard InChI is InChI=1S/C17H15ClN2O6S/c1-10-12(18)4-3-5-13(10)19-27(23,24)11-6-7-14-15(8-11)26-17(22)20(14)9-16(21)25-2/h3-8,19H,9H2,1-2H3. The molecule has 1 aromatic heterocycles. The van der Waals surface area contributed by atoms with Crippen LogP contribution in [0.3, 0.4) is 0 Å². The number of oxazole rings is 1. The fraction of sp³-hybridized carbons (Fsp3) is 0.176. The van der Waals surface area contributed by atoms with E-state index < -0.39 is 21.7 Å². The zero-order valence-electron chi connectivity index (χ0n) is 14.4. The highest BCUT2D eigenvalue weighted by atomic mass is 35.5. The average Bonchev–Trinajstić information content (AvgIpc) is 2.93.